The number of cyclic esters (lactones) is 1. The highest BCUT2D eigenvalue weighted by Gasteiger charge is 2.50. The summed E-state index contributed by atoms with van der Waals surface area (Å²) in [7, 11) is 0. The summed E-state index contributed by atoms with van der Waals surface area (Å²) in [4.78, 5) is 26.0. The van der Waals surface area contributed by atoms with Crippen LogP contribution in [0.4, 0.5) is 4.79 Å². The number of carbonyl (C=O) groups is 2. The number of benzene rings is 2. The van der Waals surface area contributed by atoms with Gasteiger partial charge in [0.1, 0.15) is 18.8 Å². The quantitative estimate of drug-likeness (QED) is 0.785. The third-order valence-corrected chi connectivity index (χ3v) is 4.89. The Morgan fingerprint density at radius 2 is 1.48 bits per heavy atom. The number of Topliss-reactive ketones (excluding diaryl/α,β-unsaturated/α-hetero) is 1. The summed E-state index contributed by atoms with van der Waals surface area (Å²) in [5.41, 5.74) is 1.97. The first kappa shape index (κ1) is 17.7. The molecule has 2 aromatic carbocycles. The SMILES string of the molecule is O=C1CN2C(=O)OC[C@@H]2[C@@H](OCc2ccccc2)[C@@H]1OCc1ccccc1. The molecule has 27 heavy (non-hydrogen) atoms. The van der Waals surface area contributed by atoms with Gasteiger partial charge in [0.25, 0.3) is 0 Å². The molecule has 1 amide bonds. The fraction of sp³-hybridized carbons (Fsp3) is 0.333. The minimum Gasteiger partial charge on any atom is -0.447 e. The molecule has 2 heterocycles. The van der Waals surface area contributed by atoms with Gasteiger partial charge < -0.3 is 14.2 Å². The Morgan fingerprint density at radius 1 is 0.889 bits per heavy atom. The van der Waals surface area contributed by atoms with Gasteiger partial charge in [0.15, 0.2) is 5.78 Å². The summed E-state index contributed by atoms with van der Waals surface area (Å²) in [5, 5.41) is 0. The van der Waals surface area contributed by atoms with Crippen molar-refractivity contribution in [2.24, 2.45) is 0 Å². The van der Waals surface area contributed by atoms with Crippen molar-refractivity contribution < 1.29 is 23.8 Å². The molecule has 2 aromatic rings. The van der Waals surface area contributed by atoms with E-state index < -0.39 is 18.3 Å². The predicted molar refractivity (Wildman–Crippen MR) is 96.9 cm³/mol. The van der Waals surface area contributed by atoms with Crippen LogP contribution in [0, 0.1) is 0 Å². The molecule has 6 nitrogen and oxygen atoms in total. The monoisotopic (exact) mass is 367 g/mol. The summed E-state index contributed by atoms with van der Waals surface area (Å²) < 4.78 is 17.2. The third-order valence-electron chi connectivity index (χ3n) is 4.89. The Hall–Kier alpha value is -2.70. The topological polar surface area (TPSA) is 65.1 Å². The second-order valence-electron chi connectivity index (χ2n) is 6.72. The Morgan fingerprint density at radius 3 is 2.11 bits per heavy atom. The van der Waals surface area contributed by atoms with Crippen molar-refractivity contribution in [2.75, 3.05) is 13.2 Å². The van der Waals surface area contributed by atoms with E-state index in [2.05, 4.69) is 0 Å². The summed E-state index contributed by atoms with van der Waals surface area (Å²) in [6, 6.07) is 19.1. The van der Waals surface area contributed by atoms with Gasteiger partial charge in [0.05, 0.1) is 25.8 Å². The fourth-order valence-corrected chi connectivity index (χ4v) is 3.47. The second kappa shape index (κ2) is 7.90. The molecule has 0 radical (unpaired) electrons. The largest absolute Gasteiger partial charge is 0.447 e. The molecule has 140 valence electrons. The summed E-state index contributed by atoms with van der Waals surface area (Å²) in [6.07, 6.45) is -1.77. The zero-order valence-corrected chi connectivity index (χ0v) is 14.8. The van der Waals surface area contributed by atoms with Crippen molar-refractivity contribution in [3.8, 4) is 0 Å². The number of carbonyl (C=O) groups excluding carboxylic acids is 2. The molecule has 2 aliphatic heterocycles. The number of rotatable bonds is 6. The van der Waals surface area contributed by atoms with Crippen molar-refractivity contribution in [2.45, 2.75) is 31.5 Å². The predicted octanol–water partition coefficient (Wildman–Crippen LogP) is 2.56. The highest BCUT2D eigenvalue weighted by molar-refractivity contribution is 5.90. The number of hydrogen-bond acceptors (Lipinski definition) is 5. The maximum atomic E-state index is 12.7. The van der Waals surface area contributed by atoms with Gasteiger partial charge in [0.2, 0.25) is 0 Å². The zero-order valence-electron chi connectivity index (χ0n) is 14.8. The van der Waals surface area contributed by atoms with E-state index in [1.165, 1.54) is 4.90 Å². The molecule has 4 rings (SSSR count). The van der Waals surface area contributed by atoms with Crippen LogP contribution in [0.1, 0.15) is 11.1 Å². The minimum absolute atomic E-state index is 0.00580. The molecule has 6 heteroatoms. The van der Waals surface area contributed by atoms with Crippen LogP contribution in [0.15, 0.2) is 60.7 Å². The first-order valence-corrected chi connectivity index (χ1v) is 8.99. The Balaban J connectivity index is 1.50. The van der Waals surface area contributed by atoms with Gasteiger partial charge in [-0.2, -0.15) is 0 Å². The van der Waals surface area contributed by atoms with E-state index in [1.807, 2.05) is 60.7 Å². The van der Waals surface area contributed by atoms with Gasteiger partial charge in [-0.1, -0.05) is 60.7 Å². The van der Waals surface area contributed by atoms with Crippen LogP contribution in [0.25, 0.3) is 0 Å². The van der Waals surface area contributed by atoms with E-state index in [1.54, 1.807) is 0 Å². The third kappa shape index (κ3) is 3.86. The molecule has 2 aliphatic rings. The Kier molecular flexibility index (Phi) is 5.18. The smallest absolute Gasteiger partial charge is 0.410 e. The summed E-state index contributed by atoms with van der Waals surface area (Å²) in [6.45, 7) is 0.845. The molecule has 0 saturated carbocycles. The van der Waals surface area contributed by atoms with Gasteiger partial charge in [-0.05, 0) is 11.1 Å². The second-order valence-corrected chi connectivity index (χ2v) is 6.72. The molecule has 0 unspecified atom stereocenters. The Bertz CT molecular complexity index is 795. The maximum absolute atomic E-state index is 12.7. The molecule has 0 N–H and O–H groups in total. The van der Waals surface area contributed by atoms with Crippen LogP contribution in [0.5, 0.6) is 0 Å². The molecule has 2 saturated heterocycles. The van der Waals surface area contributed by atoms with E-state index in [4.69, 9.17) is 14.2 Å². The average Bonchev–Trinajstić information content (AvgIpc) is 3.07. The molecule has 0 aromatic heterocycles. The molecule has 2 fully saturated rings. The highest BCUT2D eigenvalue weighted by atomic mass is 16.6. The number of hydrogen-bond donors (Lipinski definition) is 0. The summed E-state index contributed by atoms with van der Waals surface area (Å²) >= 11 is 0. The molecular weight excluding hydrogens is 346 g/mol. The van der Waals surface area contributed by atoms with Crippen LogP contribution in [0.3, 0.4) is 0 Å². The van der Waals surface area contributed by atoms with Crippen LogP contribution in [-0.4, -0.2) is 48.2 Å². The van der Waals surface area contributed by atoms with Gasteiger partial charge in [-0.15, -0.1) is 0 Å². The number of nitrogens with zero attached hydrogens (tertiary/aromatic N) is 1. The normalized spacial score (nSPS) is 24.6. The molecule has 0 bridgehead atoms. The fourth-order valence-electron chi connectivity index (χ4n) is 3.47. The lowest BCUT2D eigenvalue weighted by Crippen LogP contribution is -2.60. The van der Waals surface area contributed by atoms with E-state index in [0.29, 0.717) is 13.2 Å². The number of fused-ring (bicyclic) bond motifs is 1. The lowest BCUT2D eigenvalue weighted by Gasteiger charge is -2.38. The van der Waals surface area contributed by atoms with E-state index in [0.717, 1.165) is 11.1 Å². The number of ketones is 1. The zero-order chi connectivity index (χ0) is 18.6. The van der Waals surface area contributed by atoms with Gasteiger partial charge in [-0.25, -0.2) is 4.79 Å². The van der Waals surface area contributed by atoms with Crippen molar-refractivity contribution in [1.29, 1.82) is 0 Å². The van der Waals surface area contributed by atoms with Crippen molar-refractivity contribution in [3.63, 3.8) is 0 Å². The van der Waals surface area contributed by atoms with Crippen LogP contribution >= 0.6 is 0 Å². The first-order chi connectivity index (χ1) is 13.2. The lowest BCUT2D eigenvalue weighted by molar-refractivity contribution is -0.161. The van der Waals surface area contributed by atoms with E-state index in [9.17, 15) is 9.59 Å². The van der Waals surface area contributed by atoms with Crippen LogP contribution < -0.4 is 0 Å². The Labute approximate surface area is 157 Å². The van der Waals surface area contributed by atoms with Gasteiger partial charge in [0, 0.05) is 0 Å². The van der Waals surface area contributed by atoms with Crippen LogP contribution in [-0.2, 0) is 32.2 Å². The van der Waals surface area contributed by atoms with Crippen molar-refractivity contribution >= 4 is 11.9 Å². The average molecular weight is 367 g/mol. The molecule has 0 aliphatic carbocycles. The first-order valence-electron chi connectivity index (χ1n) is 8.99. The lowest BCUT2D eigenvalue weighted by atomic mass is 9.96. The number of piperidine rings is 1. The number of amides is 1. The summed E-state index contributed by atoms with van der Waals surface area (Å²) in [5.74, 6) is -0.168. The van der Waals surface area contributed by atoms with Crippen LogP contribution in [0.2, 0.25) is 0 Å². The van der Waals surface area contributed by atoms with E-state index >= 15 is 0 Å². The number of ether oxygens (including phenoxy) is 3. The minimum atomic E-state index is -0.732. The maximum Gasteiger partial charge on any atom is 0.410 e. The molecular formula is C21H21NO5. The van der Waals surface area contributed by atoms with Gasteiger partial charge in [-0.3, -0.25) is 9.69 Å². The van der Waals surface area contributed by atoms with Gasteiger partial charge >= 0.3 is 6.09 Å². The molecule has 3 atom stereocenters. The van der Waals surface area contributed by atoms with Crippen molar-refractivity contribution in [3.05, 3.63) is 71.8 Å². The van der Waals surface area contributed by atoms with Crippen molar-refractivity contribution in [1.82, 2.24) is 4.90 Å². The highest BCUT2D eigenvalue weighted by Crippen LogP contribution is 2.28. The standard InChI is InChI=1S/C21H21NO5/c23-18-11-22-17(14-27-21(22)24)19(25-12-15-7-3-1-4-8-15)20(18)26-13-16-9-5-2-6-10-16/h1-10,17,19-20H,11-14H2/t17-,19-,20-/m1/s1. The van der Waals surface area contributed by atoms with E-state index in [-0.39, 0.29) is 25.0 Å². The molecule has 0 spiro atoms.